The van der Waals surface area contributed by atoms with Crippen molar-refractivity contribution in [1.29, 1.82) is 0 Å². The van der Waals surface area contributed by atoms with Crippen LogP contribution in [0.25, 0.3) is 11.1 Å². The molecule has 1 aromatic heterocycles. The minimum Gasteiger partial charge on any atom is -0.444 e. The fraction of sp³-hybridized carbons (Fsp3) is 0.435. The normalized spacial score (nSPS) is 13.4. The number of benzene rings is 1. The highest BCUT2D eigenvalue weighted by molar-refractivity contribution is 6.36. The Hall–Kier alpha value is -2.35. The van der Waals surface area contributed by atoms with Gasteiger partial charge in [-0.1, -0.05) is 29.3 Å². The van der Waals surface area contributed by atoms with Crippen molar-refractivity contribution in [2.45, 2.75) is 46.4 Å². The number of nitrogens with zero attached hydrogens (tertiary/aromatic N) is 3. The van der Waals surface area contributed by atoms with Crippen molar-refractivity contribution in [2.75, 3.05) is 20.1 Å². The van der Waals surface area contributed by atoms with Crippen LogP contribution in [0.3, 0.4) is 0 Å². The topological polar surface area (TPSA) is 83.0 Å². The summed E-state index contributed by atoms with van der Waals surface area (Å²) in [5.74, 6) is -0.221. The van der Waals surface area contributed by atoms with Crippen molar-refractivity contribution >= 4 is 35.2 Å². The van der Waals surface area contributed by atoms with Gasteiger partial charge in [0, 0.05) is 52.6 Å². The number of aliphatic hydroxyl groups is 1. The van der Waals surface area contributed by atoms with E-state index in [0.717, 1.165) is 0 Å². The molecule has 7 nitrogen and oxygen atoms in total. The average molecular weight is 480 g/mol. The van der Waals surface area contributed by atoms with Crippen LogP contribution in [-0.4, -0.2) is 57.6 Å². The van der Waals surface area contributed by atoms with Gasteiger partial charge in [-0.15, -0.1) is 0 Å². The van der Waals surface area contributed by atoms with Gasteiger partial charge in [-0.2, -0.15) is 0 Å². The van der Waals surface area contributed by atoms with E-state index in [1.807, 2.05) is 0 Å². The first-order valence-corrected chi connectivity index (χ1v) is 11.0. The zero-order chi connectivity index (χ0) is 23.8. The molecule has 172 valence electrons. The Kier molecular flexibility index (Phi) is 7.03. The van der Waals surface area contributed by atoms with E-state index < -0.39 is 11.7 Å². The van der Waals surface area contributed by atoms with Crippen LogP contribution in [0.1, 0.15) is 48.1 Å². The number of hydrogen-bond donors (Lipinski definition) is 1. The maximum atomic E-state index is 13.4. The Morgan fingerprint density at radius 3 is 2.56 bits per heavy atom. The van der Waals surface area contributed by atoms with Gasteiger partial charge in [-0.25, -0.2) is 4.79 Å². The standard InChI is InChI=1S/C23H27Cl2N3O4/c1-13-16(12-29)19(15-7-6-14(24)10-17(15)25)20-18(26-13)11-28(21(20)30)9-8-27(5)22(31)32-23(2,3)4/h6-7,10,29H,8-9,11-12H2,1-5H3. The van der Waals surface area contributed by atoms with Crippen molar-refractivity contribution in [1.82, 2.24) is 14.8 Å². The minimum atomic E-state index is -0.597. The van der Waals surface area contributed by atoms with E-state index in [0.29, 0.717) is 63.3 Å². The first-order chi connectivity index (χ1) is 14.9. The van der Waals surface area contributed by atoms with Crippen LogP contribution >= 0.6 is 23.2 Å². The molecule has 0 unspecified atom stereocenters. The molecule has 0 atom stereocenters. The van der Waals surface area contributed by atoms with E-state index in [4.69, 9.17) is 27.9 Å². The summed E-state index contributed by atoms with van der Waals surface area (Å²) in [6, 6.07) is 5.04. The number of fused-ring (bicyclic) bond motifs is 1. The van der Waals surface area contributed by atoms with Gasteiger partial charge in [0.05, 0.1) is 24.4 Å². The second-order valence-corrected chi connectivity index (χ2v) is 9.63. The number of likely N-dealkylation sites (N-methyl/N-ethyl adjacent to an activating group) is 1. The van der Waals surface area contributed by atoms with Crippen molar-refractivity contribution in [3.63, 3.8) is 0 Å². The van der Waals surface area contributed by atoms with Crippen LogP contribution in [0.15, 0.2) is 18.2 Å². The molecular weight excluding hydrogens is 453 g/mol. The zero-order valence-corrected chi connectivity index (χ0v) is 20.3. The second-order valence-electron chi connectivity index (χ2n) is 8.78. The Balaban J connectivity index is 1.90. The number of aliphatic hydroxyl groups excluding tert-OH is 1. The Bertz CT molecular complexity index is 1070. The number of ether oxygens (including phenoxy) is 1. The van der Waals surface area contributed by atoms with Gasteiger partial charge in [0.25, 0.3) is 5.91 Å². The lowest BCUT2D eigenvalue weighted by atomic mass is 9.93. The molecule has 0 bridgehead atoms. The Morgan fingerprint density at radius 1 is 1.28 bits per heavy atom. The number of pyridine rings is 1. The molecule has 0 saturated carbocycles. The first kappa shape index (κ1) is 24.3. The highest BCUT2D eigenvalue weighted by Gasteiger charge is 2.34. The van der Waals surface area contributed by atoms with E-state index in [9.17, 15) is 14.7 Å². The number of aromatic nitrogens is 1. The SMILES string of the molecule is Cc1nc2c(c(-c3ccc(Cl)cc3Cl)c1CO)C(=O)N(CCN(C)C(=O)OC(C)(C)C)C2. The summed E-state index contributed by atoms with van der Waals surface area (Å²) in [6.07, 6.45) is -0.452. The van der Waals surface area contributed by atoms with Crippen molar-refractivity contribution < 1.29 is 19.4 Å². The molecule has 1 aliphatic heterocycles. The van der Waals surface area contributed by atoms with Crippen LogP contribution in [0.5, 0.6) is 0 Å². The molecule has 3 rings (SSSR count). The maximum Gasteiger partial charge on any atom is 0.410 e. The van der Waals surface area contributed by atoms with Gasteiger partial charge in [0.2, 0.25) is 0 Å². The highest BCUT2D eigenvalue weighted by Crippen LogP contribution is 2.39. The third-order valence-corrected chi connectivity index (χ3v) is 5.74. The lowest BCUT2D eigenvalue weighted by Gasteiger charge is -2.26. The van der Waals surface area contributed by atoms with Crippen LogP contribution in [-0.2, 0) is 17.9 Å². The van der Waals surface area contributed by atoms with Gasteiger partial charge in [0.1, 0.15) is 5.60 Å². The summed E-state index contributed by atoms with van der Waals surface area (Å²) < 4.78 is 5.37. The average Bonchev–Trinajstić information content (AvgIpc) is 2.99. The van der Waals surface area contributed by atoms with E-state index in [2.05, 4.69) is 4.98 Å². The van der Waals surface area contributed by atoms with Crippen molar-refractivity contribution in [2.24, 2.45) is 0 Å². The molecule has 2 heterocycles. The molecule has 0 fully saturated rings. The molecule has 0 spiro atoms. The molecule has 32 heavy (non-hydrogen) atoms. The Labute approximate surface area is 197 Å². The fourth-order valence-electron chi connectivity index (χ4n) is 3.62. The number of aryl methyl sites for hydroxylation is 1. The predicted octanol–water partition coefficient (Wildman–Crippen LogP) is 4.68. The molecule has 9 heteroatoms. The molecule has 1 aliphatic rings. The van der Waals surface area contributed by atoms with E-state index >= 15 is 0 Å². The van der Waals surface area contributed by atoms with Crippen LogP contribution < -0.4 is 0 Å². The van der Waals surface area contributed by atoms with Crippen molar-refractivity contribution in [3.05, 3.63) is 50.8 Å². The van der Waals surface area contributed by atoms with Crippen LogP contribution in [0, 0.1) is 6.92 Å². The number of carbonyl (C=O) groups excluding carboxylic acids is 2. The van der Waals surface area contributed by atoms with Gasteiger partial charge >= 0.3 is 6.09 Å². The highest BCUT2D eigenvalue weighted by atomic mass is 35.5. The van der Waals surface area contributed by atoms with E-state index in [1.54, 1.807) is 57.8 Å². The Morgan fingerprint density at radius 2 is 1.97 bits per heavy atom. The third kappa shape index (κ3) is 5.00. The van der Waals surface area contributed by atoms with Gasteiger partial charge in [-0.05, 0) is 39.8 Å². The van der Waals surface area contributed by atoms with Gasteiger partial charge < -0.3 is 19.6 Å². The first-order valence-electron chi connectivity index (χ1n) is 10.2. The number of amides is 2. The molecule has 1 N–H and O–H groups in total. The summed E-state index contributed by atoms with van der Waals surface area (Å²) in [4.78, 5) is 33.2. The lowest BCUT2D eigenvalue weighted by Crippen LogP contribution is -2.39. The fourth-order valence-corrected chi connectivity index (χ4v) is 4.13. The zero-order valence-electron chi connectivity index (χ0n) is 18.8. The maximum absolute atomic E-state index is 13.4. The summed E-state index contributed by atoms with van der Waals surface area (Å²) >= 11 is 12.5. The van der Waals surface area contributed by atoms with Crippen LogP contribution in [0.2, 0.25) is 10.0 Å². The number of rotatable bonds is 5. The second kappa shape index (κ2) is 9.25. The summed E-state index contributed by atoms with van der Waals surface area (Å²) in [5, 5.41) is 10.9. The summed E-state index contributed by atoms with van der Waals surface area (Å²) in [5.41, 5.74) is 2.81. The molecule has 0 aliphatic carbocycles. The summed E-state index contributed by atoms with van der Waals surface area (Å²) in [7, 11) is 1.63. The van der Waals surface area contributed by atoms with Gasteiger partial charge in [0.15, 0.2) is 0 Å². The van der Waals surface area contributed by atoms with E-state index in [1.165, 1.54) is 4.90 Å². The smallest absolute Gasteiger partial charge is 0.410 e. The predicted molar refractivity (Wildman–Crippen MR) is 124 cm³/mol. The molecule has 1 aromatic carbocycles. The largest absolute Gasteiger partial charge is 0.444 e. The molecule has 0 radical (unpaired) electrons. The number of halogens is 2. The van der Waals surface area contributed by atoms with Gasteiger partial charge in [-0.3, -0.25) is 9.78 Å². The molecular formula is C23H27Cl2N3O4. The monoisotopic (exact) mass is 479 g/mol. The quantitative estimate of drug-likeness (QED) is 0.672. The minimum absolute atomic E-state index is 0.221. The molecule has 2 amide bonds. The number of hydrogen-bond acceptors (Lipinski definition) is 5. The van der Waals surface area contributed by atoms with E-state index in [-0.39, 0.29) is 12.5 Å². The number of carbonyl (C=O) groups is 2. The molecule has 2 aromatic rings. The van der Waals surface area contributed by atoms with Crippen molar-refractivity contribution in [3.8, 4) is 11.1 Å². The van der Waals surface area contributed by atoms with Crippen LogP contribution in [0.4, 0.5) is 4.79 Å². The lowest BCUT2D eigenvalue weighted by molar-refractivity contribution is 0.0279. The molecule has 0 saturated heterocycles. The third-order valence-electron chi connectivity index (χ3n) is 5.19. The summed E-state index contributed by atoms with van der Waals surface area (Å²) in [6.45, 7) is 7.84.